The zero-order valence-electron chi connectivity index (χ0n) is 25.2. The highest BCUT2D eigenvalue weighted by Gasteiger charge is 2.41. The minimum Gasteiger partial charge on any atom is -0.508 e. The SMILES string of the molecule is CCc1cc2c([n-]1)N1CCN[C@@H](C#C[C@@H](c3c(O)c(OC)c(O)c4c3OC(c3ccc(O)cc3)CC4=[OH+])Cc3cccc-2c3)C1. The predicted molar refractivity (Wildman–Crippen MR) is 171 cm³/mol. The molecule has 4 bridgehead atoms. The molecule has 230 valence electrons. The second-order valence-electron chi connectivity index (χ2n) is 11.7. The smallest absolute Gasteiger partial charge is 0.335 e. The number of aromatic hydroxyl groups is 3. The van der Waals surface area contributed by atoms with Crippen LogP contribution in [-0.2, 0) is 12.8 Å². The maximum absolute atomic E-state index is 11.7. The van der Waals surface area contributed by atoms with E-state index in [-0.39, 0.29) is 46.8 Å². The van der Waals surface area contributed by atoms with E-state index in [0.717, 1.165) is 53.3 Å². The molecule has 4 heterocycles. The molecule has 45 heavy (non-hydrogen) atoms. The van der Waals surface area contributed by atoms with Gasteiger partial charge in [0.2, 0.25) is 5.75 Å². The molecule has 5 N–H and O–H groups in total. The molecule has 0 amide bonds. The van der Waals surface area contributed by atoms with E-state index in [0.29, 0.717) is 18.5 Å². The van der Waals surface area contributed by atoms with Crippen molar-refractivity contribution in [1.82, 2.24) is 10.3 Å². The Kier molecular flexibility index (Phi) is 7.30. The first kappa shape index (κ1) is 28.7. The fraction of sp³-hybridized carbons (Fsp3) is 0.306. The van der Waals surface area contributed by atoms with Gasteiger partial charge in [-0.05, 0) is 66.9 Å². The molecule has 7 rings (SSSR count). The number of aromatic nitrogens is 1. The molecule has 1 saturated heterocycles. The molecular formula is C36H35N3O6. The molecule has 3 aromatic carbocycles. The summed E-state index contributed by atoms with van der Waals surface area (Å²) >= 11 is 0. The second kappa shape index (κ2) is 11.5. The van der Waals surface area contributed by atoms with Crippen molar-refractivity contribution >= 4 is 11.6 Å². The van der Waals surface area contributed by atoms with E-state index in [2.05, 4.69) is 47.2 Å². The van der Waals surface area contributed by atoms with Crippen molar-refractivity contribution in [3.63, 3.8) is 0 Å². The van der Waals surface area contributed by atoms with Crippen molar-refractivity contribution in [2.75, 3.05) is 31.6 Å². The van der Waals surface area contributed by atoms with Gasteiger partial charge in [0.25, 0.3) is 0 Å². The Hall–Kier alpha value is -5.07. The van der Waals surface area contributed by atoms with E-state index in [1.165, 1.54) is 7.11 Å². The van der Waals surface area contributed by atoms with Crippen LogP contribution in [0, 0.1) is 11.8 Å². The number of nitrogens with one attached hydrogen (secondary N) is 1. The number of nitrogens with zero attached hydrogens (tertiary/aromatic N) is 2. The normalized spacial score (nSPS) is 20.4. The van der Waals surface area contributed by atoms with Crippen LogP contribution < -0.4 is 24.7 Å². The van der Waals surface area contributed by atoms with Gasteiger partial charge in [0.15, 0.2) is 17.1 Å². The molecule has 9 nitrogen and oxygen atoms in total. The molecule has 0 saturated carbocycles. The highest BCUT2D eigenvalue weighted by Crippen LogP contribution is 2.54. The quantitative estimate of drug-likeness (QED) is 0.197. The van der Waals surface area contributed by atoms with E-state index in [1.807, 2.05) is 12.1 Å². The summed E-state index contributed by atoms with van der Waals surface area (Å²) in [5, 5.41) is 36.2. The average Bonchev–Trinajstić information content (AvgIpc) is 3.48. The molecule has 1 fully saturated rings. The highest BCUT2D eigenvalue weighted by molar-refractivity contribution is 6.05. The third-order valence-corrected chi connectivity index (χ3v) is 8.89. The lowest BCUT2D eigenvalue weighted by atomic mass is 9.85. The summed E-state index contributed by atoms with van der Waals surface area (Å²) < 4.78 is 12.0. The van der Waals surface area contributed by atoms with Gasteiger partial charge in [-0.2, -0.15) is 0 Å². The number of benzene rings is 3. The van der Waals surface area contributed by atoms with Gasteiger partial charge < -0.3 is 40.0 Å². The number of rotatable bonds is 4. The minimum absolute atomic E-state index is 0.0781. The Bertz CT molecular complexity index is 1850. The molecule has 9 heteroatoms. The number of aryl methyl sites for hydroxylation is 1. The van der Waals surface area contributed by atoms with Crippen LogP contribution in [0.3, 0.4) is 0 Å². The van der Waals surface area contributed by atoms with Crippen molar-refractivity contribution in [3.8, 4) is 51.7 Å². The Morgan fingerprint density at radius 3 is 2.67 bits per heavy atom. The number of carbonyl (C=O) groups excluding carboxylic acids is 1. The average molecular weight is 606 g/mol. The van der Waals surface area contributed by atoms with Gasteiger partial charge in [-0.15, -0.1) is 0 Å². The van der Waals surface area contributed by atoms with Crippen molar-refractivity contribution < 1.29 is 29.6 Å². The molecule has 0 radical (unpaired) electrons. The Labute approximate surface area is 261 Å². The molecule has 4 aromatic rings. The van der Waals surface area contributed by atoms with Crippen LogP contribution >= 0.6 is 0 Å². The molecule has 0 aliphatic carbocycles. The van der Waals surface area contributed by atoms with Crippen LogP contribution in [-0.4, -0.2) is 58.7 Å². The van der Waals surface area contributed by atoms with Crippen molar-refractivity contribution in [3.05, 3.63) is 82.5 Å². The molecule has 0 spiro atoms. The maximum atomic E-state index is 11.7. The maximum Gasteiger partial charge on any atom is 0.335 e. The van der Waals surface area contributed by atoms with E-state index in [4.69, 9.17) is 14.5 Å². The topological polar surface area (TPSA) is 130 Å². The van der Waals surface area contributed by atoms with Gasteiger partial charge in [-0.1, -0.05) is 72.7 Å². The fourth-order valence-electron chi connectivity index (χ4n) is 6.60. The van der Waals surface area contributed by atoms with Gasteiger partial charge in [0.1, 0.15) is 24.0 Å². The number of phenolic OH excluding ortho intramolecular Hbond substituents is 3. The van der Waals surface area contributed by atoms with E-state index in [9.17, 15) is 20.1 Å². The lowest BCUT2D eigenvalue weighted by Gasteiger charge is -2.40. The monoisotopic (exact) mass is 605 g/mol. The zero-order valence-corrected chi connectivity index (χ0v) is 25.2. The summed E-state index contributed by atoms with van der Waals surface area (Å²) in [6.45, 7) is 4.30. The summed E-state index contributed by atoms with van der Waals surface area (Å²) in [6, 6.07) is 16.9. The van der Waals surface area contributed by atoms with Gasteiger partial charge in [0, 0.05) is 0 Å². The molecular weight excluding hydrogens is 570 g/mol. The standard InChI is InChI=1S/C36H34N3O6/c1-3-24-17-27-22-6-4-5-20(15-22)16-23(7-10-25-19-39(14-13-37-25)36(27)38-24)30-32(42)35(44-2)33(43)31-28(41)18-29(45-34(30)31)21-8-11-26(40)12-9-21/h4-6,8-9,11-12,15,17,23,25,29,37,40H,3,13-14,16,18-19H2,1-2H3,(H2,41,42,43)/q-1/p+1/t23-,25+,29?/m1/s1. The summed E-state index contributed by atoms with van der Waals surface area (Å²) in [4.78, 5) is 18.6. The fourth-order valence-corrected chi connectivity index (χ4v) is 6.60. The number of ketones is 1. The van der Waals surface area contributed by atoms with Crippen molar-refractivity contribution in [2.24, 2.45) is 0 Å². The first-order chi connectivity index (χ1) is 21.8. The number of methoxy groups -OCH3 is 1. The largest absolute Gasteiger partial charge is 0.508 e. The van der Waals surface area contributed by atoms with Crippen LogP contribution in [0.5, 0.6) is 28.7 Å². The minimum atomic E-state index is -0.629. The number of phenols is 3. The van der Waals surface area contributed by atoms with Gasteiger partial charge in [0.05, 0.1) is 24.6 Å². The highest BCUT2D eigenvalue weighted by atomic mass is 16.5. The van der Waals surface area contributed by atoms with E-state index < -0.39 is 17.8 Å². The second-order valence-corrected chi connectivity index (χ2v) is 11.7. The third kappa shape index (κ3) is 5.11. The van der Waals surface area contributed by atoms with Crippen molar-refractivity contribution in [2.45, 2.75) is 44.2 Å². The van der Waals surface area contributed by atoms with Crippen molar-refractivity contribution in [1.29, 1.82) is 0 Å². The Morgan fingerprint density at radius 2 is 1.89 bits per heavy atom. The lowest BCUT2D eigenvalue weighted by molar-refractivity contribution is 0.196. The lowest BCUT2D eigenvalue weighted by Crippen LogP contribution is -2.50. The number of ether oxygens (including phenoxy) is 2. The molecule has 1 unspecified atom stereocenters. The van der Waals surface area contributed by atoms with E-state index >= 15 is 0 Å². The number of hydrogen-bond acceptors (Lipinski definition) is 7. The number of fused-ring (bicyclic) bond motifs is 8. The summed E-state index contributed by atoms with van der Waals surface area (Å²) in [6.07, 6.45) is 0.709. The number of anilines is 1. The van der Waals surface area contributed by atoms with Crippen LogP contribution in [0.4, 0.5) is 5.82 Å². The molecule has 1 aromatic heterocycles. The van der Waals surface area contributed by atoms with Gasteiger partial charge in [-0.25, -0.2) is 0 Å². The van der Waals surface area contributed by atoms with Gasteiger partial charge in [-0.3, -0.25) is 4.79 Å². The predicted octanol–water partition coefficient (Wildman–Crippen LogP) is 4.54. The number of piperazine rings is 1. The van der Waals surface area contributed by atoms with Crippen LogP contribution in [0.15, 0.2) is 54.6 Å². The van der Waals surface area contributed by atoms with Crippen LogP contribution in [0.25, 0.3) is 11.1 Å². The molecule has 3 atom stereocenters. The molecule has 3 aliphatic heterocycles. The summed E-state index contributed by atoms with van der Waals surface area (Å²) in [7, 11) is 1.36. The summed E-state index contributed by atoms with van der Waals surface area (Å²) in [5.41, 5.74) is 5.32. The van der Waals surface area contributed by atoms with Crippen LogP contribution in [0.2, 0.25) is 0 Å². The summed E-state index contributed by atoms with van der Waals surface area (Å²) in [5.74, 6) is 6.59. The number of hydrogen-bond donors (Lipinski definition) is 4. The first-order valence-electron chi connectivity index (χ1n) is 15.3. The molecule has 3 aliphatic rings. The van der Waals surface area contributed by atoms with Gasteiger partial charge >= 0.3 is 5.78 Å². The Morgan fingerprint density at radius 1 is 1.07 bits per heavy atom. The Balaban J connectivity index is 1.40. The first-order valence-corrected chi connectivity index (χ1v) is 15.3. The van der Waals surface area contributed by atoms with Crippen LogP contribution in [0.1, 0.15) is 53.3 Å². The zero-order chi connectivity index (χ0) is 31.2. The third-order valence-electron chi connectivity index (χ3n) is 8.89. The van der Waals surface area contributed by atoms with E-state index in [1.54, 1.807) is 24.3 Å².